The predicted octanol–water partition coefficient (Wildman–Crippen LogP) is 6.00. The number of anilines is 1. The number of nitrogens with zero attached hydrogens (tertiary/aromatic N) is 3. The zero-order chi connectivity index (χ0) is 24.4. The van der Waals surface area contributed by atoms with Crippen LogP contribution in [0.3, 0.4) is 0 Å². The third-order valence-corrected chi connectivity index (χ3v) is 6.64. The van der Waals surface area contributed by atoms with Crippen molar-refractivity contribution in [1.29, 1.82) is 0 Å². The molecular weight excluding hydrogens is 482 g/mol. The summed E-state index contributed by atoms with van der Waals surface area (Å²) in [6, 6.07) is 22.2. The molecule has 2 heterocycles. The lowest BCUT2D eigenvalue weighted by Gasteiger charge is -2.10. The van der Waals surface area contributed by atoms with Crippen molar-refractivity contribution in [3.05, 3.63) is 89.6 Å². The molecule has 5 rings (SSSR count). The van der Waals surface area contributed by atoms with Gasteiger partial charge in [-0.1, -0.05) is 41.6 Å². The number of nitrogens with one attached hydrogen (secondary N) is 2. The van der Waals surface area contributed by atoms with Crippen molar-refractivity contribution in [2.24, 2.45) is 0 Å². The van der Waals surface area contributed by atoms with Crippen LogP contribution >= 0.6 is 23.4 Å². The Balaban J connectivity index is 1.42. The molecule has 9 heteroatoms. The molecule has 2 aromatic heterocycles. The number of amides is 1. The summed E-state index contributed by atoms with van der Waals surface area (Å²) < 4.78 is 1.92. The van der Waals surface area contributed by atoms with E-state index in [-0.39, 0.29) is 17.4 Å². The van der Waals surface area contributed by atoms with Crippen molar-refractivity contribution >= 4 is 51.6 Å². The van der Waals surface area contributed by atoms with Crippen LogP contribution in [0, 0.1) is 0 Å². The largest absolute Gasteiger partial charge is 0.360 e. The highest BCUT2D eigenvalue weighted by Crippen LogP contribution is 2.32. The standard InChI is InChI=1S/C26H20ClN5O2S/c1-16(33)17-6-10-19(11-7-17)29-24(34)15-35-26-31-30-25(32(26)20-12-8-18(27)9-13-20)22-14-28-23-5-3-2-4-21(22)23/h2-14,28H,15H2,1H3,(H,29,34). The Bertz CT molecular complexity index is 1520. The summed E-state index contributed by atoms with van der Waals surface area (Å²) in [7, 11) is 0. The second-order valence-electron chi connectivity index (χ2n) is 7.84. The summed E-state index contributed by atoms with van der Waals surface area (Å²) in [5, 5.41) is 14.0. The van der Waals surface area contributed by atoms with Gasteiger partial charge in [0.05, 0.1) is 5.75 Å². The van der Waals surface area contributed by atoms with E-state index in [9.17, 15) is 9.59 Å². The fraction of sp³-hybridized carbons (Fsp3) is 0.0769. The first kappa shape index (κ1) is 22.9. The smallest absolute Gasteiger partial charge is 0.234 e. The van der Waals surface area contributed by atoms with Crippen LogP contribution in [0.4, 0.5) is 5.69 Å². The minimum atomic E-state index is -0.190. The zero-order valence-corrected chi connectivity index (χ0v) is 20.2. The molecule has 0 radical (unpaired) electrons. The number of ketones is 1. The summed E-state index contributed by atoms with van der Waals surface area (Å²) >= 11 is 7.40. The topological polar surface area (TPSA) is 92.7 Å². The number of hydrogen-bond acceptors (Lipinski definition) is 5. The van der Waals surface area contributed by atoms with Gasteiger partial charge in [-0.2, -0.15) is 0 Å². The molecule has 0 bridgehead atoms. The second-order valence-corrected chi connectivity index (χ2v) is 9.22. The molecule has 0 saturated carbocycles. The van der Waals surface area contributed by atoms with Gasteiger partial charge in [-0.05, 0) is 61.5 Å². The lowest BCUT2D eigenvalue weighted by atomic mass is 10.1. The zero-order valence-electron chi connectivity index (χ0n) is 18.7. The van der Waals surface area contributed by atoms with Crippen LogP contribution in [0.15, 0.2) is 84.1 Å². The fourth-order valence-corrected chi connectivity index (χ4v) is 4.61. The van der Waals surface area contributed by atoms with Crippen molar-refractivity contribution in [2.45, 2.75) is 12.1 Å². The summed E-state index contributed by atoms with van der Waals surface area (Å²) in [5.74, 6) is 0.581. The number of carbonyl (C=O) groups excluding carboxylic acids is 2. The maximum absolute atomic E-state index is 12.6. The summed E-state index contributed by atoms with van der Waals surface area (Å²) in [6.07, 6.45) is 1.91. The van der Waals surface area contributed by atoms with Crippen molar-refractivity contribution in [3.63, 3.8) is 0 Å². The van der Waals surface area contributed by atoms with Gasteiger partial charge in [0.2, 0.25) is 5.91 Å². The van der Waals surface area contributed by atoms with Gasteiger partial charge in [0, 0.05) is 44.6 Å². The van der Waals surface area contributed by atoms with E-state index in [1.807, 2.05) is 59.3 Å². The van der Waals surface area contributed by atoms with Crippen LogP contribution in [0.1, 0.15) is 17.3 Å². The minimum absolute atomic E-state index is 0.0222. The van der Waals surface area contributed by atoms with E-state index >= 15 is 0 Å². The average Bonchev–Trinajstić information content (AvgIpc) is 3.47. The molecule has 0 saturated heterocycles. The molecule has 0 atom stereocenters. The summed E-state index contributed by atoms with van der Waals surface area (Å²) in [5.41, 5.74) is 3.96. The molecule has 2 N–H and O–H groups in total. The SMILES string of the molecule is CC(=O)c1ccc(NC(=O)CSc2nnc(-c3c[nH]c4ccccc34)n2-c2ccc(Cl)cc2)cc1. The van der Waals surface area contributed by atoms with Crippen molar-refractivity contribution in [3.8, 4) is 17.1 Å². The lowest BCUT2D eigenvalue weighted by Crippen LogP contribution is -2.14. The Hall–Kier alpha value is -3.88. The highest BCUT2D eigenvalue weighted by Gasteiger charge is 2.20. The first-order valence-electron chi connectivity index (χ1n) is 10.8. The molecule has 1 amide bonds. The van der Waals surface area contributed by atoms with Gasteiger partial charge in [0.25, 0.3) is 0 Å². The van der Waals surface area contributed by atoms with E-state index in [0.717, 1.165) is 22.2 Å². The monoisotopic (exact) mass is 501 g/mol. The second kappa shape index (κ2) is 9.77. The van der Waals surface area contributed by atoms with Crippen molar-refractivity contribution in [2.75, 3.05) is 11.1 Å². The molecule has 0 fully saturated rings. The van der Waals surface area contributed by atoms with Crippen LogP contribution in [0.25, 0.3) is 28.0 Å². The highest BCUT2D eigenvalue weighted by atomic mass is 35.5. The number of para-hydroxylation sites is 1. The maximum atomic E-state index is 12.6. The number of rotatable bonds is 7. The number of aromatic nitrogens is 4. The van der Waals surface area contributed by atoms with Crippen molar-refractivity contribution < 1.29 is 9.59 Å². The molecular formula is C26H20ClN5O2S. The summed E-state index contributed by atoms with van der Waals surface area (Å²) in [4.78, 5) is 27.4. The van der Waals surface area contributed by atoms with Crippen LogP contribution in [-0.2, 0) is 4.79 Å². The maximum Gasteiger partial charge on any atom is 0.234 e. The molecule has 5 aromatic rings. The Morgan fingerprint density at radius 3 is 2.49 bits per heavy atom. The number of Topliss-reactive ketones (excluding diaryl/α,β-unsaturated/α-hetero) is 1. The molecule has 0 aliphatic rings. The quantitative estimate of drug-likeness (QED) is 0.211. The predicted molar refractivity (Wildman–Crippen MR) is 139 cm³/mol. The van der Waals surface area contributed by atoms with Crippen molar-refractivity contribution in [1.82, 2.24) is 19.7 Å². The van der Waals surface area contributed by atoms with Gasteiger partial charge in [-0.25, -0.2) is 0 Å². The number of thioether (sulfide) groups is 1. The Morgan fingerprint density at radius 1 is 1.00 bits per heavy atom. The fourth-order valence-electron chi connectivity index (χ4n) is 3.73. The minimum Gasteiger partial charge on any atom is -0.360 e. The van der Waals surface area contributed by atoms with Crippen LogP contribution in [-0.4, -0.2) is 37.2 Å². The number of aromatic amines is 1. The highest BCUT2D eigenvalue weighted by molar-refractivity contribution is 7.99. The van der Waals surface area contributed by atoms with E-state index in [1.54, 1.807) is 24.3 Å². The molecule has 7 nitrogen and oxygen atoms in total. The van der Waals surface area contributed by atoms with Crippen LogP contribution in [0.2, 0.25) is 5.02 Å². The molecule has 3 aromatic carbocycles. The number of hydrogen-bond donors (Lipinski definition) is 2. The Labute approximate surface area is 210 Å². The first-order valence-corrected chi connectivity index (χ1v) is 12.2. The number of carbonyl (C=O) groups is 2. The van der Waals surface area contributed by atoms with E-state index in [4.69, 9.17) is 11.6 Å². The van der Waals surface area contributed by atoms with Gasteiger partial charge in [-0.15, -0.1) is 10.2 Å². The third-order valence-electron chi connectivity index (χ3n) is 5.46. The van der Waals surface area contributed by atoms with E-state index in [0.29, 0.717) is 27.3 Å². The average molecular weight is 502 g/mol. The Kier molecular flexibility index (Phi) is 6.39. The number of H-pyrrole nitrogens is 1. The number of fused-ring (bicyclic) bond motifs is 1. The van der Waals surface area contributed by atoms with Gasteiger partial charge in [0.1, 0.15) is 0 Å². The molecule has 0 aliphatic heterocycles. The molecule has 0 spiro atoms. The van der Waals surface area contributed by atoms with Gasteiger partial charge < -0.3 is 10.3 Å². The number of halogens is 1. The molecule has 0 unspecified atom stereocenters. The lowest BCUT2D eigenvalue weighted by molar-refractivity contribution is -0.113. The van der Waals surface area contributed by atoms with E-state index in [1.165, 1.54) is 18.7 Å². The first-order chi connectivity index (χ1) is 17.0. The molecule has 174 valence electrons. The van der Waals surface area contributed by atoms with E-state index < -0.39 is 0 Å². The van der Waals surface area contributed by atoms with Crippen LogP contribution in [0.5, 0.6) is 0 Å². The normalized spacial score (nSPS) is 11.0. The van der Waals surface area contributed by atoms with Gasteiger partial charge in [-0.3, -0.25) is 14.2 Å². The Morgan fingerprint density at radius 2 is 1.74 bits per heavy atom. The van der Waals surface area contributed by atoms with Gasteiger partial charge >= 0.3 is 0 Å². The van der Waals surface area contributed by atoms with Crippen LogP contribution < -0.4 is 5.32 Å². The molecule has 35 heavy (non-hydrogen) atoms. The number of benzene rings is 3. The van der Waals surface area contributed by atoms with E-state index in [2.05, 4.69) is 20.5 Å². The summed E-state index contributed by atoms with van der Waals surface area (Å²) in [6.45, 7) is 1.51. The molecule has 0 aliphatic carbocycles. The van der Waals surface area contributed by atoms with Gasteiger partial charge in [0.15, 0.2) is 16.8 Å². The third kappa shape index (κ3) is 4.84.